The first-order valence-electron chi connectivity index (χ1n) is 4.66. The van der Waals surface area contributed by atoms with Crippen molar-refractivity contribution in [1.29, 1.82) is 0 Å². The van der Waals surface area contributed by atoms with Crippen molar-refractivity contribution < 1.29 is 9.53 Å². The minimum atomic E-state index is -0.519. The van der Waals surface area contributed by atoms with Crippen LogP contribution >= 0.6 is 23.2 Å². The molecule has 0 aliphatic heterocycles. The highest BCUT2D eigenvalue weighted by atomic mass is 35.5. The summed E-state index contributed by atoms with van der Waals surface area (Å²) in [4.78, 5) is 13.4. The highest BCUT2D eigenvalue weighted by Crippen LogP contribution is 2.29. The van der Waals surface area contributed by atoms with E-state index in [4.69, 9.17) is 27.9 Å². The average molecular weight is 262 g/mol. The standard InChI is InChI=1S/C11H13Cl2NO2/c1-14(2)10(11(15)16-3)8-5-4-7(12)6-9(8)13/h4-6,10H,1-3H3. The van der Waals surface area contributed by atoms with Crippen LogP contribution in [0.25, 0.3) is 0 Å². The van der Waals surface area contributed by atoms with Crippen LogP contribution in [0.1, 0.15) is 11.6 Å². The molecule has 88 valence electrons. The molecule has 0 radical (unpaired) electrons. The van der Waals surface area contributed by atoms with Crippen molar-refractivity contribution >= 4 is 29.2 Å². The lowest BCUT2D eigenvalue weighted by Gasteiger charge is -2.23. The lowest BCUT2D eigenvalue weighted by atomic mass is 10.1. The molecule has 5 heteroatoms. The summed E-state index contributed by atoms with van der Waals surface area (Å²) in [5.41, 5.74) is 0.683. The van der Waals surface area contributed by atoms with Crippen molar-refractivity contribution in [3.63, 3.8) is 0 Å². The number of hydrogen-bond donors (Lipinski definition) is 0. The first-order valence-corrected chi connectivity index (χ1v) is 5.42. The average Bonchev–Trinajstić information content (AvgIpc) is 2.21. The lowest BCUT2D eigenvalue weighted by Crippen LogP contribution is -2.28. The number of ether oxygens (including phenoxy) is 1. The Labute approximate surface area is 105 Å². The molecule has 0 spiro atoms. The summed E-state index contributed by atoms with van der Waals surface area (Å²) in [6, 6.07) is 4.52. The Kier molecular flexibility index (Phi) is 4.59. The fourth-order valence-electron chi connectivity index (χ4n) is 1.45. The van der Waals surface area contributed by atoms with Crippen LogP contribution in [0.5, 0.6) is 0 Å². The van der Waals surface area contributed by atoms with E-state index < -0.39 is 6.04 Å². The van der Waals surface area contributed by atoms with Gasteiger partial charge in [-0.2, -0.15) is 0 Å². The topological polar surface area (TPSA) is 29.5 Å². The molecule has 0 amide bonds. The second-order valence-electron chi connectivity index (χ2n) is 3.56. The van der Waals surface area contributed by atoms with E-state index in [9.17, 15) is 4.79 Å². The molecule has 1 atom stereocenters. The van der Waals surface area contributed by atoms with Gasteiger partial charge in [-0.25, -0.2) is 4.79 Å². The van der Waals surface area contributed by atoms with E-state index in [1.165, 1.54) is 7.11 Å². The van der Waals surface area contributed by atoms with E-state index in [2.05, 4.69) is 0 Å². The summed E-state index contributed by atoms with van der Waals surface area (Å²) in [6.45, 7) is 0. The summed E-state index contributed by atoms with van der Waals surface area (Å²) in [6.07, 6.45) is 0. The fraction of sp³-hybridized carbons (Fsp3) is 0.364. The van der Waals surface area contributed by atoms with Gasteiger partial charge in [-0.1, -0.05) is 29.3 Å². The molecule has 0 aliphatic rings. The molecule has 1 aromatic rings. The third kappa shape index (κ3) is 2.88. The van der Waals surface area contributed by atoms with Gasteiger partial charge in [-0.15, -0.1) is 0 Å². The summed E-state index contributed by atoms with van der Waals surface area (Å²) in [5, 5.41) is 0.993. The number of nitrogens with zero attached hydrogens (tertiary/aromatic N) is 1. The van der Waals surface area contributed by atoms with Crippen molar-refractivity contribution in [2.45, 2.75) is 6.04 Å². The molecule has 0 aliphatic carbocycles. The molecular weight excluding hydrogens is 249 g/mol. The molecular formula is C11H13Cl2NO2. The molecule has 1 aromatic carbocycles. The largest absolute Gasteiger partial charge is 0.468 e. The van der Waals surface area contributed by atoms with Gasteiger partial charge in [0.2, 0.25) is 0 Å². The summed E-state index contributed by atoms with van der Waals surface area (Å²) >= 11 is 11.9. The number of rotatable bonds is 3. The Morgan fingerprint density at radius 1 is 1.38 bits per heavy atom. The van der Waals surface area contributed by atoms with Crippen molar-refractivity contribution in [3.8, 4) is 0 Å². The van der Waals surface area contributed by atoms with Crippen molar-refractivity contribution in [2.24, 2.45) is 0 Å². The van der Waals surface area contributed by atoms with Crippen LogP contribution in [0.2, 0.25) is 10.0 Å². The number of benzene rings is 1. The van der Waals surface area contributed by atoms with Crippen molar-refractivity contribution in [2.75, 3.05) is 21.2 Å². The number of likely N-dealkylation sites (N-methyl/N-ethyl adjacent to an activating group) is 1. The van der Waals surface area contributed by atoms with E-state index in [0.29, 0.717) is 15.6 Å². The van der Waals surface area contributed by atoms with Crippen LogP contribution in [-0.4, -0.2) is 32.1 Å². The van der Waals surface area contributed by atoms with Gasteiger partial charge in [0.05, 0.1) is 7.11 Å². The van der Waals surface area contributed by atoms with Gasteiger partial charge >= 0.3 is 5.97 Å². The van der Waals surface area contributed by atoms with E-state index >= 15 is 0 Å². The van der Waals surface area contributed by atoms with Gasteiger partial charge in [0.15, 0.2) is 0 Å². The molecule has 0 bridgehead atoms. The van der Waals surface area contributed by atoms with E-state index in [-0.39, 0.29) is 5.97 Å². The van der Waals surface area contributed by atoms with Crippen LogP contribution < -0.4 is 0 Å². The highest BCUT2D eigenvalue weighted by molar-refractivity contribution is 6.35. The van der Waals surface area contributed by atoms with Gasteiger partial charge in [-0.3, -0.25) is 4.90 Å². The van der Waals surface area contributed by atoms with Crippen molar-refractivity contribution in [3.05, 3.63) is 33.8 Å². The molecule has 3 nitrogen and oxygen atoms in total. The van der Waals surface area contributed by atoms with E-state index in [1.807, 2.05) is 0 Å². The second-order valence-corrected chi connectivity index (χ2v) is 4.40. The third-order valence-corrected chi connectivity index (χ3v) is 2.76. The lowest BCUT2D eigenvalue weighted by molar-refractivity contribution is -0.146. The number of hydrogen-bond acceptors (Lipinski definition) is 3. The number of methoxy groups -OCH3 is 1. The van der Waals surface area contributed by atoms with Crippen LogP contribution in [-0.2, 0) is 9.53 Å². The van der Waals surface area contributed by atoms with Gasteiger partial charge in [0, 0.05) is 10.0 Å². The zero-order chi connectivity index (χ0) is 12.3. The second kappa shape index (κ2) is 5.53. The molecule has 0 saturated carbocycles. The first kappa shape index (κ1) is 13.3. The van der Waals surface area contributed by atoms with Crippen LogP contribution in [0, 0.1) is 0 Å². The summed E-state index contributed by atoms with van der Waals surface area (Å²) in [7, 11) is 4.92. The monoisotopic (exact) mass is 261 g/mol. The van der Waals surface area contributed by atoms with E-state index in [0.717, 1.165) is 0 Å². The Bertz CT molecular complexity index is 394. The smallest absolute Gasteiger partial charge is 0.327 e. The minimum Gasteiger partial charge on any atom is -0.468 e. The molecule has 0 aromatic heterocycles. The van der Waals surface area contributed by atoms with Gasteiger partial charge < -0.3 is 4.74 Å². The Morgan fingerprint density at radius 2 is 2.00 bits per heavy atom. The number of halogens is 2. The molecule has 1 unspecified atom stereocenters. The minimum absolute atomic E-state index is 0.353. The van der Waals surface area contributed by atoms with E-state index in [1.54, 1.807) is 37.2 Å². The zero-order valence-corrected chi connectivity index (χ0v) is 10.8. The molecule has 0 fully saturated rings. The fourth-order valence-corrected chi connectivity index (χ4v) is 1.96. The van der Waals surface area contributed by atoms with Crippen LogP contribution in [0.4, 0.5) is 0 Å². The Balaban J connectivity index is 3.16. The highest BCUT2D eigenvalue weighted by Gasteiger charge is 2.25. The predicted molar refractivity (Wildman–Crippen MR) is 64.9 cm³/mol. The number of carbonyl (C=O) groups is 1. The normalized spacial score (nSPS) is 12.6. The number of esters is 1. The quantitative estimate of drug-likeness (QED) is 0.784. The molecule has 0 N–H and O–H groups in total. The first-order chi connectivity index (χ1) is 7.47. The molecule has 0 saturated heterocycles. The zero-order valence-electron chi connectivity index (χ0n) is 9.33. The summed E-state index contributed by atoms with van der Waals surface area (Å²) in [5.74, 6) is -0.353. The van der Waals surface area contributed by atoms with Gasteiger partial charge in [0.25, 0.3) is 0 Å². The predicted octanol–water partition coefficient (Wildman–Crippen LogP) is 2.77. The van der Waals surface area contributed by atoms with Crippen molar-refractivity contribution in [1.82, 2.24) is 4.90 Å². The Morgan fingerprint density at radius 3 is 2.44 bits per heavy atom. The van der Waals surface area contributed by atoms with Gasteiger partial charge in [0.1, 0.15) is 6.04 Å². The van der Waals surface area contributed by atoms with Crippen LogP contribution in [0.15, 0.2) is 18.2 Å². The molecule has 0 heterocycles. The molecule has 16 heavy (non-hydrogen) atoms. The third-order valence-electron chi connectivity index (χ3n) is 2.20. The maximum absolute atomic E-state index is 11.6. The Hall–Kier alpha value is -0.770. The molecule has 1 rings (SSSR count). The maximum Gasteiger partial charge on any atom is 0.327 e. The van der Waals surface area contributed by atoms with Gasteiger partial charge in [-0.05, 0) is 31.8 Å². The van der Waals surface area contributed by atoms with Crippen LogP contribution in [0.3, 0.4) is 0 Å². The number of carbonyl (C=O) groups excluding carboxylic acids is 1. The SMILES string of the molecule is COC(=O)C(c1ccc(Cl)cc1Cl)N(C)C. The summed E-state index contributed by atoms with van der Waals surface area (Å²) < 4.78 is 4.74. The maximum atomic E-state index is 11.6.